The average molecular weight is 845 g/mol. The van der Waals surface area contributed by atoms with Gasteiger partial charge >= 0.3 is 5.97 Å². The van der Waals surface area contributed by atoms with Crippen molar-refractivity contribution in [1.82, 2.24) is 0 Å². The zero-order valence-electron chi connectivity index (χ0n) is 36.5. The van der Waals surface area contributed by atoms with E-state index in [1.54, 1.807) is 7.11 Å². The standard InChI is InChI=1S/C57H53N3O4/c1-42-23-27-51-49(35-42)56(37-43-15-7-3-8-16-43,38-44-17-9-4-10-18-44)53(59(51)32-31-55(62)63)29-24-47(41-58)25-30-54-57(39-45-19-11-5-12-20-45,40-46-21-13-6-14-22-46)50-36-48(64-2)26-28-52(50)60(54)33-34-61/h3-30,35-36,61H,31-34,37-40H2,1-2H3/p+1. The second-order valence-electron chi connectivity index (χ2n) is 16.9. The minimum Gasteiger partial charge on any atom is -0.497 e. The fourth-order valence-electron chi connectivity index (χ4n) is 9.98. The number of carboxylic acid groups (broad SMARTS) is 1. The van der Waals surface area contributed by atoms with E-state index in [-0.39, 0.29) is 19.6 Å². The van der Waals surface area contributed by atoms with Gasteiger partial charge in [0.15, 0.2) is 12.3 Å². The average Bonchev–Trinajstić information content (AvgIpc) is 3.70. The van der Waals surface area contributed by atoms with Crippen LogP contribution in [0.3, 0.4) is 0 Å². The maximum atomic E-state index is 12.2. The van der Waals surface area contributed by atoms with E-state index in [4.69, 9.17) is 4.74 Å². The van der Waals surface area contributed by atoms with Crippen molar-refractivity contribution < 1.29 is 24.3 Å². The van der Waals surface area contributed by atoms with E-state index < -0.39 is 16.8 Å². The quantitative estimate of drug-likeness (QED) is 0.0539. The molecule has 0 saturated heterocycles. The highest BCUT2D eigenvalue weighted by Crippen LogP contribution is 2.52. The number of anilines is 1. The first-order valence-electron chi connectivity index (χ1n) is 22.0. The number of fused-ring (bicyclic) bond motifs is 2. The van der Waals surface area contributed by atoms with E-state index in [2.05, 4.69) is 162 Å². The van der Waals surface area contributed by atoms with Crippen molar-refractivity contribution in [3.8, 4) is 11.8 Å². The van der Waals surface area contributed by atoms with Crippen LogP contribution in [0.2, 0.25) is 0 Å². The Hall–Kier alpha value is -7.27. The molecular weight excluding hydrogens is 791 g/mol. The minimum absolute atomic E-state index is 0.0542. The van der Waals surface area contributed by atoms with Gasteiger partial charge in [0.25, 0.3) is 0 Å². The molecule has 64 heavy (non-hydrogen) atoms. The molecule has 0 aromatic heterocycles. The first kappa shape index (κ1) is 43.4. The van der Waals surface area contributed by atoms with Crippen LogP contribution >= 0.6 is 0 Å². The monoisotopic (exact) mass is 844 g/mol. The van der Waals surface area contributed by atoms with Crippen molar-refractivity contribution in [1.29, 1.82) is 5.26 Å². The molecule has 8 rings (SSSR count). The van der Waals surface area contributed by atoms with Crippen LogP contribution in [0.5, 0.6) is 5.75 Å². The highest BCUT2D eigenvalue weighted by molar-refractivity contribution is 6.04. The summed E-state index contributed by atoms with van der Waals surface area (Å²) in [6, 6.07) is 57.0. The number of benzene rings is 6. The van der Waals surface area contributed by atoms with Crippen molar-refractivity contribution in [2.45, 2.75) is 49.9 Å². The fourth-order valence-corrected chi connectivity index (χ4v) is 9.98. The maximum absolute atomic E-state index is 12.2. The Bertz CT molecular complexity index is 2690. The first-order valence-corrected chi connectivity index (χ1v) is 22.0. The molecule has 0 aliphatic carbocycles. The van der Waals surface area contributed by atoms with Gasteiger partial charge in [-0.15, -0.1) is 0 Å². The molecule has 2 N–H and O–H groups in total. The van der Waals surface area contributed by atoms with Gasteiger partial charge in [0, 0.05) is 41.1 Å². The molecule has 2 aliphatic heterocycles. The molecule has 6 aromatic rings. The number of nitriles is 1. The summed E-state index contributed by atoms with van der Waals surface area (Å²) in [6.45, 7) is 2.66. The third-order valence-corrected chi connectivity index (χ3v) is 12.8. The summed E-state index contributed by atoms with van der Waals surface area (Å²) in [6.07, 6.45) is 10.5. The van der Waals surface area contributed by atoms with Crippen LogP contribution < -0.4 is 9.64 Å². The van der Waals surface area contributed by atoms with Crippen LogP contribution in [0.25, 0.3) is 0 Å². The summed E-state index contributed by atoms with van der Waals surface area (Å²) < 4.78 is 8.02. The fraction of sp³-hybridized carbons (Fsp3) is 0.211. The molecule has 0 fully saturated rings. The SMILES string of the molecule is COc1ccc2c(c1)C(Cc1ccccc1)(Cc1ccccc1)C(C=CC(C#N)=CC=C1N(CCC(=O)O)c3ccc(C)cc3C1(Cc1ccccc1)Cc1ccccc1)=[N+]2CCO. The number of β-amino-alcohol motifs (C(OH)–C–C–N with tert-alkyl or cyclic N) is 1. The summed E-state index contributed by atoms with van der Waals surface area (Å²) in [4.78, 5) is 14.4. The van der Waals surface area contributed by atoms with Crippen LogP contribution in [-0.4, -0.2) is 53.3 Å². The Balaban J connectivity index is 1.32. The number of aliphatic carboxylic acids is 1. The van der Waals surface area contributed by atoms with Crippen LogP contribution in [0.4, 0.5) is 11.4 Å². The van der Waals surface area contributed by atoms with Crippen molar-refractivity contribution >= 4 is 23.1 Å². The van der Waals surface area contributed by atoms with E-state index in [0.717, 1.165) is 67.5 Å². The highest BCUT2D eigenvalue weighted by atomic mass is 16.5. The van der Waals surface area contributed by atoms with E-state index in [0.29, 0.717) is 37.8 Å². The molecule has 0 amide bonds. The lowest BCUT2D eigenvalue weighted by Crippen LogP contribution is -2.39. The molecule has 0 spiro atoms. The molecule has 0 bridgehead atoms. The van der Waals surface area contributed by atoms with Gasteiger partial charge in [-0.25, -0.2) is 0 Å². The van der Waals surface area contributed by atoms with Crippen LogP contribution in [0, 0.1) is 18.3 Å². The van der Waals surface area contributed by atoms with E-state index in [1.165, 1.54) is 0 Å². The first-order chi connectivity index (χ1) is 31.3. The maximum Gasteiger partial charge on any atom is 0.305 e. The lowest BCUT2D eigenvalue weighted by molar-refractivity contribution is -0.441. The number of aryl methyl sites for hydroxylation is 1. The number of hydrogen-bond donors (Lipinski definition) is 2. The van der Waals surface area contributed by atoms with Gasteiger partial charge in [-0.2, -0.15) is 9.84 Å². The number of ether oxygens (including phenoxy) is 1. The summed E-state index contributed by atoms with van der Waals surface area (Å²) in [5.74, 6) is -0.126. The number of aliphatic hydroxyl groups is 1. The van der Waals surface area contributed by atoms with Gasteiger partial charge in [-0.3, -0.25) is 4.79 Å². The van der Waals surface area contributed by atoms with Gasteiger partial charge in [0.2, 0.25) is 5.69 Å². The number of carbonyl (C=O) groups is 1. The van der Waals surface area contributed by atoms with Crippen LogP contribution in [0.15, 0.2) is 193 Å². The van der Waals surface area contributed by atoms with Gasteiger partial charge in [0.1, 0.15) is 12.4 Å². The number of allylic oxidation sites excluding steroid dienone is 6. The van der Waals surface area contributed by atoms with E-state index in [1.807, 2.05) is 42.5 Å². The molecule has 0 atom stereocenters. The zero-order valence-corrected chi connectivity index (χ0v) is 36.5. The molecule has 0 unspecified atom stereocenters. The molecular formula is C57H54N3O4+. The third kappa shape index (κ3) is 8.97. The Kier molecular flexibility index (Phi) is 13.2. The van der Waals surface area contributed by atoms with Gasteiger partial charge < -0.3 is 19.8 Å². The largest absolute Gasteiger partial charge is 0.497 e. The molecule has 7 heteroatoms. The minimum atomic E-state index is -0.873. The molecule has 6 aromatic carbocycles. The van der Waals surface area contributed by atoms with E-state index in [9.17, 15) is 20.3 Å². The lowest BCUT2D eigenvalue weighted by Gasteiger charge is -2.34. The number of rotatable bonds is 17. The van der Waals surface area contributed by atoms with Crippen molar-refractivity contribution in [3.05, 3.63) is 232 Å². The zero-order chi connectivity index (χ0) is 44.5. The molecule has 320 valence electrons. The highest BCUT2D eigenvalue weighted by Gasteiger charge is 2.52. The van der Waals surface area contributed by atoms with Gasteiger partial charge in [0.05, 0.1) is 30.6 Å². The van der Waals surface area contributed by atoms with Crippen molar-refractivity contribution in [3.63, 3.8) is 0 Å². The number of hydrogen-bond acceptors (Lipinski definition) is 5. The second kappa shape index (κ2) is 19.4. The predicted octanol–water partition coefficient (Wildman–Crippen LogP) is 10.4. The Labute approximate surface area is 376 Å². The number of aliphatic hydroxyl groups excluding tert-OH is 1. The molecule has 0 saturated carbocycles. The second-order valence-corrected chi connectivity index (χ2v) is 16.9. The van der Waals surface area contributed by atoms with E-state index >= 15 is 0 Å². The molecule has 2 heterocycles. The Morgan fingerprint density at radius 2 is 1.28 bits per heavy atom. The smallest absolute Gasteiger partial charge is 0.305 e. The van der Waals surface area contributed by atoms with Gasteiger partial charge in [-0.1, -0.05) is 139 Å². The number of carboxylic acids is 1. The molecule has 0 radical (unpaired) electrons. The Morgan fingerprint density at radius 1 is 0.734 bits per heavy atom. The van der Waals surface area contributed by atoms with Crippen molar-refractivity contribution in [2.24, 2.45) is 0 Å². The summed E-state index contributed by atoms with van der Waals surface area (Å²) in [5, 5.41) is 31.6. The summed E-state index contributed by atoms with van der Waals surface area (Å²) in [5.41, 5.74) is 11.1. The normalized spacial score (nSPS) is 15.6. The molecule has 7 nitrogen and oxygen atoms in total. The number of methoxy groups -OCH3 is 1. The molecule has 2 aliphatic rings. The summed E-state index contributed by atoms with van der Waals surface area (Å²) >= 11 is 0. The lowest BCUT2D eigenvalue weighted by atomic mass is 9.69. The number of nitrogens with zero attached hydrogens (tertiary/aromatic N) is 3. The van der Waals surface area contributed by atoms with Gasteiger partial charge in [-0.05, 0) is 96.9 Å². The predicted molar refractivity (Wildman–Crippen MR) is 256 cm³/mol. The van der Waals surface area contributed by atoms with Crippen LogP contribution in [-0.2, 0) is 41.3 Å². The van der Waals surface area contributed by atoms with Crippen LogP contribution in [0.1, 0.15) is 45.4 Å². The summed E-state index contributed by atoms with van der Waals surface area (Å²) in [7, 11) is 1.68. The Morgan fingerprint density at radius 3 is 1.78 bits per heavy atom. The topological polar surface area (TPSA) is 96.8 Å². The third-order valence-electron chi connectivity index (χ3n) is 12.8. The van der Waals surface area contributed by atoms with Crippen molar-refractivity contribution in [2.75, 3.05) is 31.7 Å².